The van der Waals surface area contributed by atoms with Crippen molar-refractivity contribution in [3.63, 3.8) is 0 Å². The molecule has 0 spiro atoms. The molecule has 0 aliphatic rings. The van der Waals surface area contributed by atoms with Gasteiger partial charge in [0.1, 0.15) is 0 Å². The van der Waals surface area contributed by atoms with Gasteiger partial charge in [0.15, 0.2) is 0 Å². The van der Waals surface area contributed by atoms with E-state index in [2.05, 4.69) is 9.47 Å². The first-order valence-electron chi connectivity index (χ1n) is 7.00. The first-order valence-corrected chi connectivity index (χ1v) is 7.00. The summed E-state index contributed by atoms with van der Waals surface area (Å²) in [4.78, 5) is 23.7. The van der Waals surface area contributed by atoms with Crippen LogP contribution in [0, 0.1) is 11.8 Å². The Morgan fingerprint density at radius 1 is 0.750 bits per heavy atom. The van der Waals surface area contributed by atoms with Crippen LogP contribution in [-0.4, -0.2) is 37.5 Å². The molecule has 0 aliphatic carbocycles. The predicted octanol–water partition coefficient (Wildman–Crippen LogP) is 3.81. The summed E-state index contributed by atoms with van der Waals surface area (Å²) < 4.78 is 86.8. The number of esters is 2. The summed E-state index contributed by atoms with van der Waals surface area (Å²) in [5.41, 5.74) is -2.79. The number of halogens is 6. The van der Waals surface area contributed by atoms with Gasteiger partial charge in [0.05, 0.1) is 36.2 Å². The van der Waals surface area contributed by atoms with Gasteiger partial charge in [-0.1, -0.05) is 0 Å². The van der Waals surface area contributed by atoms with E-state index in [4.69, 9.17) is 0 Å². The zero-order valence-electron chi connectivity index (χ0n) is 13.5. The Balaban J connectivity index is 6.52. The highest BCUT2D eigenvalue weighted by Gasteiger charge is 2.49. The smallest absolute Gasteiger partial charge is 0.395 e. The highest BCUT2D eigenvalue weighted by Crippen LogP contribution is 2.40. The third kappa shape index (κ3) is 5.72. The molecular weight excluding hydrogens is 346 g/mol. The van der Waals surface area contributed by atoms with Crippen molar-refractivity contribution in [3.8, 4) is 0 Å². The lowest BCUT2D eigenvalue weighted by molar-refractivity contribution is -0.174. The van der Waals surface area contributed by atoms with Gasteiger partial charge in [-0.05, 0) is 27.7 Å². The van der Waals surface area contributed by atoms with Crippen molar-refractivity contribution in [2.75, 3.05) is 13.2 Å². The normalized spacial score (nSPS) is 16.1. The fraction of sp³-hybridized carbons (Fsp3) is 0.714. The van der Waals surface area contributed by atoms with Gasteiger partial charge in [0, 0.05) is 0 Å². The molecule has 0 rings (SSSR count). The molecule has 0 heterocycles. The summed E-state index contributed by atoms with van der Waals surface area (Å²) in [6, 6.07) is 0. The van der Waals surface area contributed by atoms with Gasteiger partial charge in [-0.3, -0.25) is 0 Å². The summed E-state index contributed by atoms with van der Waals surface area (Å²) in [5.74, 6) is -8.55. The third-order valence-corrected chi connectivity index (χ3v) is 3.13. The van der Waals surface area contributed by atoms with Crippen LogP contribution in [0.15, 0.2) is 11.1 Å². The summed E-state index contributed by atoms with van der Waals surface area (Å²) >= 11 is 0. The number of alkyl halides is 6. The highest BCUT2D eigenvalue weighted by molar-refractivity contribution is 6.01. The van der Waals surface area contributed by atoms with Crippen LogP contribution < -0.4 is 0 Å². The van der Waals surface area contributed by atoms with Crippen molar-refractivity contribution in [1.82, 2.24) is 0 Å². The second-order valence-corrected chi connectivity index (χ2v) is 4.79. The van der Waals surface area contributed by atoms with E-state index in [0.29, 0.717) is 13.8 Å². The molecule has 10 heteroatoms. The van der Waals surface area contributed by atoms with E-state index < -0.39 is 47.3 Å². The van der Waals surface area contributed by atoms with Crippen LogP contribution in [-0.2, 0) is 19.1 Å². The molecule has 0 aromatic rings. The minimum absolute atomic E-state index is 0.372. The van der Waals surface area contributed by atoms with Gasteiger partial charge in [-0.15, -0.1) is 0 Å². The minimum atomic E-state index is -5.05. The predicted molar refractivity (Wildman–Crippen MR) is 70.7 cm³/mol. The first kappa shape index (κ1) is 22.3. The maximum Gasteiger partial charge on any atom is 0.395 e. The summed E-state index contributed by atoms with van der Waals surface area (Å²) in [6.07, 6.45) is -10.1. The van der Waals surface area contributed by atoms with Crippen LogP contribution >= 0.6 is 0 Å². The van der Waals surface area contributed by atoms with Crippen LogP contribution in [0.4, 0.5) is 26.3 Å². The van der Waals surface area contributed by atoms with Gasteiger partial charge in [0.2, 0.25) is 0 Å². The Kier molecular flexibility index (Phi) is 7.78. The monoisotopic (exact) mass is 364 g/mol. The van der Waals surface area contributed by atoms with E-state index in [1.165, 1.54) is 13.8 Å². The second kappa shape index (κ2) is 8.39. The molecule has 0 fully saturated rings. The zero-order valence-corrected chi connectivity index (χ0v) is 13.5. The fourth-order valence-electron chi connectivity index (χ4n) is 1.78. The highest BCUT2D eigenvalue weighted by atomic mass is 19.4. The van der Waals surface area contributed by atoms with E-state index in [9.17, 15) is 35.9 Å². The number of hydrogen-bond donors (Lipinski definition) is 0. The SMILES string of the molecule is CCOC(=O)C(=C(C(=O)OCC)C(C)C(F)(F)F)C(C)C(F)(F)F. The minimum Gasteiger partial charge on any atom is -0.463 e. The largest absolute Gasteiger partial charge is 0.463 e. The molecular formula is C14H18F6O4. The molecule has 2 atom stereocenters. The van der Waals surface area contributed by atoms with Crippen molar-refractivity contribution in [2.24, 2.45) is 11.8 Å². The molecule has 0 bridgehead atoms. The molecule has 4 nitrogen and oxygen atoms in total. The topological polar surface area (TPSA) is 52.6 Å². The Bertz CT molecular complexity index is 448. The maximum atomic E-state index is 13.0. The van der Waals surface area contributed by atoms with Gasteiger partial charge in [-0.25, -0.2) is 9.59 Å². The van der Waals surface area contributed by atoms with Crippen molar-refractivity contribution < 1.29 is 45.4 Å². The van der Waals surface area contributed by atoms with E-state index >= 15 is 0 Å². The van der Waals surface area contributed by atoms with Crippen molar-refractivity contribution in [3.05, 3.63) is 11.1 Å². The fourth-order valence-corrected chi connectivity index (χ4v) is 1.78. The zero-order chi connectivity index (χ0) is 19.3. The van der Waals surface area contributed by atoms with Gasteiger partial charge < -0.3 is 9.47 Å². The van der Waals surface area contributed by atoms with Gasteiger partial charge in [-0.2, -0.15) is 26.3 Å². The summed E-state index contributed by atoms with van der Waals surface area (Å²) in [7, 11) is 0. The maximum absolute atomic E-state index is 13.0. The lowest BCUT2D eigenvalue weighted by Crippen LogP contribution is -2.35. The number of rotatable bonds is 6. The van der Waals surface area contributed by atoms with E-state index in [0.717, 1.165) is 0 Å². The average Bonchev–Trinajstić information content (AvgIpc) is 2.41. The Labute approximate surface area is 134 Å². The van der Waals surface area contributed by atoms with Crippen LogP contribution in [0.3, 0.4) is 0 Å². The van der Waals surface area contributed by atoms with Gasteiger partial charge in [0.25, 0.3) is 0 Å². The lowest BCUT2D eigenvalue weighted by atomic mass is 9.88. The van der Waals surface area contributed by atoms with Crippen molar-refractivity contribution in [1.29, 1.82) is 0 Å². The molecule has 140 valence electrons. The Hall–Kier alpha value is -1.74. The molecule has 0 aromatic heterocycles. The standard InChI is InChI=1S/C14H18F6O4/c1-5-23-11(21)9(7(3)13(15,16)17)10(12(22)24-6-2)8(4)14(18,19)20/h7-8H,5-6H2,1-4H3. The number of carbonyl (C=O) groups is 2. The van der Waals surface area contributed by atoms with E-state index in [-0.39, 0.29) is 13.2 Å². The molecule has 0 aromatic carbocycles. The van der Waals surface area contributed by atoms with Crippen LogP contribution in [0.25, 0.3) is 0 Å². The number of hydrogen-bond acceptors (Lipinski definition) is 4. The van der Waals surface area contributed by atoms with Crippen LogP contribution in [0.1, 0.15) is 27.7 Å². The molecule has 24 heavy (non-hydrogen) atoms. The third-order valence-electron chi connectivity index (χ3n) is 3.13. The molecule has 2 unspecified atom stereocenters. The number of ether oxygens (including phenoxy) is 2. The van der Waals surface area contributed by atoms with Crippen LogP contribution in [0.2, 0.25) is 0 Å². The quantitative estimate of drug-likeness (QED) is 0.409. The molecule has 0 aliphatic heterocycles. The average molecular weight is 364 g/mol. The molecule has 0 amide bonds. The molecule has 0 saturated carbocycles. The van der Waals surface area contributed by atoms with Crippen LogP contribution in [0.5, 0.6) is 0 Å². The van der Waals surface area contributed by atoms with E-state index in [1.807, 2.05) is 0 Å². The van der Waals surface area contributed by atoms with Crippen molar-refractivity contribution >= 4 is 11.9 Å². The Morgan fingerprint density at radius 3 is 1.17 bits per heavy atom. The van der Waals surface area contributed by atoms with Gasteiger partial charge >= 0.3 is 24.3 Å². The Morgan fingerprint density at radius 2 is 1.00 bits per heavy atom. The summed E-state index contributed by atoms with van der Waals surface area (Å²) in [6.45, 7) is 2.76. The molecule has 0 saturated heterocycles. The summed E-state index contributed by atoms with van der Waals surface area (Å²) in [5, 5.41) is 0. The molecule has 0 N–H and O–H groups in total. The number of carbonyl (C=O) groups excluding carboxylic acids is 2. The van der Waals surface area contributed by atoms with E-state index in [1.54, 1.807) is 0 Å². The lowest BCUT2D eigenvalue weighted by Gasteiger charge is -2.25. The molecule has 0 radical (unpaired) electrons. The first-order chi connectivity index (χ1) is 10.8. The second-order valence-electron chi connectivity index (χ2n) is 4.79. The van der Waals surface area contributed by atoms with Crippen molar-refractivity contribution in [2.45, 2.75) is 40.0 Å².